The number of carbonyl (C=O) groups is 1. The van der Waals surface area contributed by atoms with Gasteiger partial charge in [-0.3, -0.25) is 4.79 Å². The highest BCUT2D eigenvalue weighted by atomic mass is 19.1. The predicted octanol–water partition coefficient (Wildman–Crippen LogP) is 3.45. The molecule has 0 fully saturated rings. The van der Waals surface area contributed by atoms with Crippen molar-refractivity contribution in [2.24, 2.45) is 5.73 Å². The fourth-order valence-corrected chi connectivity index (χ4v) is 1.94. The third-order valence-corrected chi connectivity index (χ3v) is 3.33. The Kier molecular flexibility index (Phi) is 7.02. The van der Waals surface area contributed by atoms with Crippen molar-refractivity contribution in [3.63, 3.8) is 0 Å². The van der Waals surface area contributed by atoms with Gasteiger partial charge >= 0.3 is 5.97 Å². The Morgan fingerprint density at radius 1 is 1.48 bits per heavy atom. The summed E-state index contributed by atoms with van der Waals surface area (Å²) < 4.78 is 31.4. The highest BCUT2D eigenvalue weighted by molar-refractivity contribution is 5.79. The van der Waals surface area contributed by atoms with E-state index < -0.39 is 23.7 Å². The average molecular weight is 297 g/mol. The molecule has 0 heterocycles. The van der Waals surface area contributed by atoms with Gasteiger partial charge in [-0.05, 0) is 29.7 Å². The highest BCUT2D eigenvalue weighted by Crippen LogP contribution is 2.26. The van der Waals surface area contributed by atoms with Crippen molar-refractivity contribution in [2.75, 3.05) is 6.61 Å². The minimum Gasteiger partial charge on any atom is -0.464 e. The molecule has 2 unspecified atom stereocenters. The number of hydrogen-bond acceptors (Lipinski definition) is 3. The maximum Gasteiger partial charge on any atom is 0.327 e. The number of unbranched alkanes of at least 4 members (excludes halogenated alkanes) is 1. The Balaban J connectivity index is 2.80. The molecule has 2 atom stereocenters. The zero-order valence-corrected chi connectivity index (χ0v) is 12.3. The van der Waals surface area contributed by atoms with Crippen molar-refractivity contribution in [3.8, 4) is 0 Å². The first-order chi connectivity index (χ1) is 10.0. The maximum atomic E-state index is 13.2. The number of carbonyl (C=O) groups excluding carboxylic acids is 1. The third-order valence-electron chi connectivity index (χ3n) is 3.33. The van der Waals surface area contributed by atoms with E-state index in [4.69, 9.17) is 10.5 Å². The van der Waals surface area contributed by atoms with Crippen LogP contribution in [0, 0.1) is 5.82 Å². The molecule has 0 saturated heterocycles. The van der Waals surface area contributed by atoms with Crippen LogP contribution < -0.4 is 5.73 Å². The lowest BCUT2D eigenvalue weighted by molar-refractivity contribution is -0.144. The zero-order chi connectivity index (χ0) is 15.8. The lowest BCUT2D eigenvalue weighted by Crippen LogP contribution is -2.36. The molecular formula is C16H21F2NO2. The van der Waals surface area contributed by atoms with Gasteiger partial charge in [-0.2, -0.15) is 0 Å². The minimum absolute atomic E-state index is 0.0714. The van der Waals surface area contributed by atoms with Gasteiger partial charge in [0.15, 0.2) is 0 Å². The summed E-state index contributed by atoms with van der Waals surface area (Å²) in [7, 11) is 0. The molecule has 0 spiro atoms. The number of hydrogen-bond donors (Lipinski definition) is 1. The average Bonchev–Trinajstić information content (AvgIpc) is 2.47. The van der Waals surface area contributed by atoms with E-state index >= 15 is 0 Å². The van der Waals surface area contributed by atoms with E-state index in [0.29, 0.717) is 11.9 Å². The largest absolute Gasteiger partial charge is 0.464 e. The van der Waals surface area contributed by atoms with Crippen molar-refractivity contribution >= 4 is 5.97 Å². The first kappa shape index (κ1) is 17.3. The van der Waals surface area contributed by atoms with Gasteiger partial charge in [-0.25, -0.2) is 8.78 Å². The van der Waals surface area contributed by atoms with Crippen molar-refractivity contribution in [1.29, 1.82) is 0 Å². The second-order valence-corrected chi connectivity index (χ2v) is 4.88. The minimum atomic E-state index is -1.19. The molecule has 0 aliphatic carbocycles. The van der Waals surface area contributed by atoms with Gasteiger partial charge in [-0.1, -0.05) is 32.4 Å². The normalized spacial score (nSPS) is 14.6. The molecule has 2 N–H and O–H groups in total. The molecule has 21 heavy (non-hydrogen) atoms. The Hall–Kier alpha value is -1.75. The van der Waals surface area contributed by atoms with Crippen LogP contribution in [0.25, 0.3) is 0 Å². The summed E-state index contributed by atoms with van der Waals surface area (Å²) in [6.45, 7) is 3.89. The second-order valence-electron chi connectivity index (χ2n) is 4.88. The van der Waals surface area contributed by atoms with Crippen LogP contribution in [0.4, 0.5) is 8.78 Å². The molecule has 0 amide bonds. The van der Waals surface area contributed by atoms with Crippen LogP contribution in [0.3, 0.4) is 0 Å². The molecule has 0 aliphatic rings. The van der Waals surface area contributed by atoms with E-state index in [2.05, 4.69) is 0 Å². The lowest BCUT2D eigenvalue weighted by Gasteiger charge is -2.20. The van der Waals surface area contributed by atoms with Crippen LogP contribution in [0.2, 0.25) is 0 Å². The van der Waals surface area contributed by atoms with E-state index in [-0.39, 0.29) is 12.2 Å². The summed E-state index contributed by atoms with van der Waals surface area (Å²) >= 11 is 0. The number of nitrogens with two attached hydrogens (primary N) is 1. The van der Waals surface area contributed by atoms with Gasteiger partial charge in [0, 0.05) is 5.92 Å². The summed E-state index contributed by atoms with van der Waals surface area (Å²) in [5.74, 6) is -1.60. The van der Waals surface area contributed by atoms with Gasteiger partial charge in [0.25, 0.3) is 0 Å². The summed E-state index contributed by atoms with van der Waals surface area (Å²) in [6.07, 6.45) is 1.92. The molecule has 0 bridgehead atoms. The number of rotatable bonds is 7. The van der Waals surface area contributed by atoms with Crippen molar-refractivity contribution < 1.29 is 18.3 Å². The first-order valence-corrected chi connectivity index (χ1v) is 6.99. The molecule has 116 valence electrons. The SMILES string of the molecule is CCCCOC(=O)C(N)/C(=C/F)C(C)c1cccc(F)c1. The van der Waals surface area contributed by atoms with Gasteiger partial charge < -0.3 is 10.5 Å². The van der Waals surface area contributed by atoms with Crippen LogP contribution in [0.15, 0.2) is 36.2 Å². The quantitative estimate of drug-likeness (QED) is 0.619. The van der Waals surface area contributed by atoms with Gasteiger partial charge in [0.1, 0.15) is 11.9 Å². The Labute approximate surface area is 123 Å². The van der Waals surface area contributed by atoms with Gasteiger partial charge in [-0.15, -0.1) is 0 Å². The van der Waals surface area contributed by atoms with Gasteiger partial charge in [0.2, 0.25) is 0 Å². The molecule has 5 heteroatoms. The summed E-state index contributed by atoms with van der Waals surface area (Å²) in [6, 6.07) is 4.59. The van der Waals surface area contributed by atoms with E-state index in [9.17, 15) is 13.6 Å². The number of benzene rings is 1. The molecule has 0 aliphatic heterocycles. The van der Waals surface area contributed by atoms with E-state index in [1.807, 2.05) is 6.92 Å². The third kappa shape index (κ3) is 4.93. The van der Waals surface area contributed by atoms with E-state index in [1.165, 1.54) is 18.2 Å². The Morgan fingerprint density at radius 3 is 2.76 bits per heavy atom. The van der Waals surface area contributed by atoms with Crippen LogP contribution >= 0.6 is 0 Å². The number of esters is 1. The van der Waals surface area contributed by atoms with E-state index in [1.54, 1.807) is 13.0 Å². The van der Waals surface area contributed by atoms with E-state index in [0.717, 1.165) is 12.8 Å². The summed E-state index contributed by atoms with van der Waals surface area (Å²) in [5.41, 5.74) is 6.38. The van der Waals surface area contributed by atoms with Gasteiger partial charge in [0.05, 0.1) is 12.9 Å². The molecule has 1 rings (SSSR count). The van der Waals surface area contributed by atoms with Crippen LogP contribution in [-0.2, 0) is 9.53 Å². The highest BCUT2D eigenvalue weighted by Gasteiger charge is 2.25. The van der Waals surface area contributed by atoms with Crippen molar-refractivity contribution in [1.82, 2.24) is 0 Å². The fourth-order valence-electron chi connectivity index (χ4n) is 1.94. The standard InChI is InChI=1S/C16H21F2NO2/c1-3-4-8-21-16(20)15(19)14(10-17)11(2)12-6-5-7-13(18)9-12/h5-7,9-11,15H,3-4,8,19H2,1-2H3/b14-10+. The molecule has 3 nitrogen and oxygen atoms in total. The Morgan fingerprint density at radius 2 is 2.19 bits per heavy atom. The Bertz CT molecular complexity index is 503. The second kappa shape index (κ2) is 8.52. The smallest absolute Gasteiger partial charge is 0.327 e. The number of halogens is 2. The molecule has 0 saturated carbocycles. The maximum absolute atomic E-state index is 13.2. The summed E-state index contributed by atoms with van der Waals surface area (Å²) in [4.78, 5) is 11.8. The number of ether oxygens (including phenoxy) is 1. The van der Waals surface area contributed by atoms with Crippen molar-refractivity contribution in [2.45, 2.75) is 38.6 Å². The molecule has 0 radical (unpaired) electrons. The predicted molar refractivity (Wildman–Crippen MR) is 77.8 cm³/mol. The molecular weight excluding hydrogens is 276 g/mol. The zero-order valence-electron chi connectivity index (χ0n) is 12.3. The first-order valence-electron chi connectivity index (χ1n) is 6.99. The monoisotopic (exact) mass is 297 g/mol. The van der Waals surface area contributed by atoms with Crippen molar-refractivity contribution in [3.05, 3.63) is 47.5 Å². The van der Waals surface area contributed by atoms with Crippen LogP contribution in [0.1, 0.15) is 38.2 Å². The molecule has 1 aromatic rings. The topological polar surface area (TPSA) is 52.3 Å². The fraction of sp³-hybridized carbons (Fsp3) is 0.438. The lowest BCUT2D eigenvalue weighted by atomic mass is 9.89. The molecule has 1 aromatic carbocycles. The molecule has 0 aromatic heterocycles. The summed E-state index contributed by atoms with van der Waals surface area (Å²) in [5, 5.41) is 0. The van der Waals surface area contributed by atoms with Crippen LogP contribution in [0.5, 0.6) is 0 Å². The van der Waals surface area contributed by atoms with Crippen LogP contribution in [-0.4, -0.2) is 18.6 Å².